The number of benzene rings is 3. The minimum absolute atomic E-state index is 0.0509. The van der Waals surface area contributed by atoms with E-state index in [4.69, 9.17) is 4.98 Å². The standard InChI is InChI=1S/C31H31NS/c1-20-24-16-17-32-27(28(24)33-29(20)31(5,6)23-13-8-7-9-14-23)22-18-21-12-10-11-15-25(21)26(19-22)30(2,3)4/h7-19H,1-6H3. The molecule has 0 bridgehead atoms. The Kier molecular flexibility index (Phi) is 5.17. The molecule has 0 saturated heterocycles. The molecule has 166 valence electrons. The molecule has 1 nitrogen and oxygen atoms in total. The van der Waals surface area contributed by atoms with Crippen molar-refractivity contribution in [2.75, 3.05) is 0 Å². The van der Waals surface area contributed by atoms with Crippen LogP contribution in [0.5, 0.6) is 0 Å². The Morgan fingerprint density at radius 2 is 1.45 bits per heavy atom. The second-order valence-corrected chi connectivity index (χ2v) is 11.6. The maximum atomic E-state index is 4.93. The molecule has 0 fully saturated rings. The first kappa shape index (κ1) is 21.9. The van der Waals surface area contributed by atoms with Gasteiger partial charge >= 0.3 is 0 Å². The Hall–Kier alpha value is -2.97. The van der Waals surface area contributed by atoms with Gasteiger partial charge in [0.15, 0.2) is 0 Å². The lowest BCUT2D eigenvalue weighted by Crippen LogP contribution is -2.18. The van der Waals surface area contributed by atoms with Gasteiger partial charge < -0.3 is 0 Å². The molecule has 2 heteroatoms. The molecule has 0 spiro atoms. The first-order valence-electron chi connectivity index (χ1n) is 11.7. The zero-order valence-corrected chi connectivity index (χ0v) is 21.2. The Morgan fingerprint density at radius 3 is 2.18 bits per heavy atom. The van der Waals surface area contributed by atoms with Crippen LogP contribution in [0.15, 0.2) is 79.0 Å². The summed E-state index contributed by atoms with van der Waals surface area (Å²) in [6.45, 7) is 13.8. The Bertz CT molecular complexity index is 1470. The van der Waals surface area contributed by atoms with E-state index in [1.54, 1.807) is 0 Å². The van der Waals surface area contributed by atoms with E-state index in [0.29, 0.717) is 0 Å². The molecule has 2 heterocycles. The van der Waals surface area contributed by atoms with Crippen molar-refractivity contribution < 1.29 is 0 Å². The first-order valence-corrected chi connectivity index (χ1v) is 12.5. The summed E-state index contributed by atoms with van der Waals surface area (Å²) in [5, 5.41) is 3.92. The summed E-state index contributed by atoms with van der Waals surface area (Å²) in [4.78, 5) is 6.34. The monoisotopic (exact) mass is 449 g/mol. The van der Waals surface area contributed by atoms with Gasteiger partial charge in [-0.15, -0.1) is 11.3 Å². The summed E-state index contributed by atoms with van der Waals surface area (Å²) < 4.78 is 1.28. The van der Waals surface area contributed by atoms with Crippen molar-refractivity contribution in [3.8, 4) is 11.3 Å². The fraction of sp³-hybridized carbons (Fsp3) is 0.258. The number of pyridine rings is 1. The van der Waals surface area contributed by atoms with Crippen LogP contribution in [0.3, 0.4) is 0 Å². The van der Waals surface area contributed by atoms with Crippen LogP contribution in [0.2, 0.25) is 0 Å². The van der Waals surface area contributed by atoms with E-state index < -0.39 is 0 Å². The smallest absolute Gasteiger partial charge is 0.0880 e. The van der Waals surface area contributed by atoms with Crippen LogP contribution in [-0.2, 0) is 10.8 Å². The lowest BCUT2D eigenvalue weighted by Gasteiger charge is -2.25. The number of nitrogens with zero attached hydrogens (tertiary/aromatic N) is 1. The number of hydrogen-bond acceptors (Lipinski definition) is 2. The number of rotatable bonds is 3. The van der Waals surface area contributed by atoms with Crippen molar-refractivity contribution in [1.82, 2.24) is 4.98 Å². The second-order valence-electron chi connectivity index (χ2n) is 10.6. The van der Waals surface area contributed by atoms with Crippen molar-refractivity contribution in [1.29, 1.82) is 0 Å². The topological polar surface area (TPSA) is 12.9 Å². The van der Waals surface area contributed by atoms with Crippen LogP contribution in [0.1, 0.15) is 56.2 Å². The highest BCUT2D eigenvalue weighted by atomic mass is 32.1. The molecule has 5 rings (SSSR count). The fourth-order valence-corrected chi connectivity index (χ4v) is 6.44. The number of hydrogen-bond donors (Lipinski definition) is 0. The molecule has 0 saturated carbocycles. The zero-order chi connectivity index (χ0) is 23.4. The van der Waals surface area contributed by atoms with E-state index in [-0.39, 0.29) is 10.8 Å². The maximum absolute atomic E-state index is 4.93. The lowest BCUT2D eigenvalue weighted by atomic mass is 9.81. The van der Waals surface area contributed by atoms with Gasteiger partial charge in [-0.3, -0.25) is 4.98 Å². The molecule has 5 aromatic rings. The molecule has 0 N–H and O–H groups in total. The van der Waals surface area contributed by atoms with Crippen LogP contribution < -0.4 is 0 Å². The van der Waals surface area contributed by atoms with Crippen LogP contribution in [0.4, 0.5) is 0 Å². The lowest BCUT2D eigenvalue weighted by molar-refractivity contribution is 0.596. The normalized spacial score (nSPS) is 12.5. The molecule has 0 unspecified atom stereocenters. The molecular weight excluding hydrogens is 418 g/mol. The molecule has 0 aliphatic rings. The van der Waals surface area contributed by atoms with Crippen molar-refractivity contribution >= 4 is 32.2 Å². The Labute approximate surface area is 201 Å². The van der Waals surface area contributed by atoms with Crippen molar-refractivity contribution in [2.24, 2.45) is 0 Å². The van der Waals surface area contributed by atoms with Gasteiger partial charge in [0.05, 0.1) is 10.4 Å². The van der Waals surface area contributed by atoms with Crippen LogP contribution >= 0.6 is 11.3 Å². The summed E-state index contributed by atoms with van der Waals surface area (Å²) >= 11 is 1.90. The molecule has 0 aliphatic carbocycles. The van der Waals surface area contributed by atoms with E-state index in [0.717, 1.165) is 5.69 Å². The summed E-state index contributed by atoms with van der Waals surface area (Å²) in [6.07, 6.45) is 1.97. The van der Waals surface area contributed by atoms with Gasteiger partial charge in [0.2, 0.25) is 0 Å². The summed E-state index contributed by atoms with van der Waals surface area (Å²) in [5.41, 5.74) is 6.36. The molecule has 0 amide bonds. The van der Waals surface area contributed by atoms with Crippen molar-refractivity contribution in [3.63, 3.8) is 0 Å². The molecular formula is C31H31NS. The quantitative estimate of drug-likeness (QED) is 0.268. The number of thiophene rings is 1. The molecule has 0 aliphatic heterocycles. The van der Waals surface area contributed by atoms with E-state index >= 15 is 0 Å². The van der Waals surface area contributed by atoms with E-state index in [1.165, 1.54) is 48.0 Å². The Morgan fingerprint density at radius 1 is 0.758 bits per heavy atom. The average Bonchev–Trinajstić information content (AvgIpc) is 3.16. The van der Waals surface area contributed by atoms with Crippen molar-refractivity contribution in [2.45, 2.75) is 52.4 Å². The average molecular weight is 450 g/mol. The maximum Gasteiger partial charge on any atom is 0.0880 e. The highest BCUT2D eigenvalue weighted by molar-refractivity contribution is 7.20. The second kappa shape index (κ2) is 7.81. The number of fused-ring (bicyclic) bond motifs is 2. The van der Waals surface area contributed by atoms with E-state index in [9.17, 15) is 0 Å². The minimum Gasteiger partial charge on any atom is -0.255 e. The molecule has 3 aromatic carbocycles. The van der Waals surface area contributed by atoms with Gasteiger partial charge in [0, 0.05) is 22.1 Å². The van der Waals surface area contributed by atoms with Gasteiger partial charge in [-0.2, -0.15) is 0 Å². The number of aryl methyl sites for hydroxylation is 1. The highest BCUT2D eigenvalue weighted by Gasteiger charge is 2.29. The number of aromatic nitrogens is 1. The van der Waals surface area contributed by atoms with Gasteiger partial charge in [0.1, 0.15) is 0 Å². The SMILES string of the molecule is Cc1c(C(C)(C)c2ccccc2)sc2c(-c3cc(C(C)(C)C)c4ccccc4c3)nccc12. The third-order valence-corrected chi connectivity index (χ3v) is 8.50. The summed E-state index contributed by atoms with van der Waals surface area (Å²) in [7, 11) is 0. The molecule has 2 aromatic heterocycles. The van der Waals surface area contributed by atoms with Crippen LogP contribution in [-0.4, -0.2) is 4.98 Å². The summed E-state index contributed by atoms with van der Waals surface area (Å²) in [6, 6.07) is 26.4. The van der Waals surface area contributed by atoms with Crippen LogP contribution in [0.25, 0.3) is 32.1 Å². The minimum atomic E-state index is -0.0632. The van der Waals surface area contributed by atoms with Crippen molar-refractivity contribution in [3.05, 3.63) is 101 Å². The summed E-state index contributed by atoms with van der Waals surface area (Å²) in [5.74, 6) is 0. The highest BCUT2D eigenvalue weighted by Crippen LogP contribution is 2.45. The van der Waals surface area contributed by atoms with Crippen LogP contribution in [0, 0.1) is 6.92 Å². The Balaban J connectivity index is 1.76. The third-order valence-electron chi connectivity index (χ3n) is 6.86. The van der Waals surface area contributed by atoms with Gasteiger partial charge in [-0.25, -0.2) is 0 Å². The van der Waals surface area contributed by atoms with Gasteiger partial charge in [-0.05, 0) is 63.4 Å². The molecule has 33 heavy (non-hydrogen) atoms. The first-order chi connectivity index (χ1) is 15.7. The fourth-order valence-electron chi connectivity index (χ4n) is 5.00. The van der Waals surface area contributed by atoms with Gasteiger partial charge in [0.25, 0.3) is 0 Å². The van der Waals surface area contributed by atoms with E-state index in [2.05, 4.69) is 114 Å². The van der Waals surface area contributed by atoms with E-state index in [1.807, 2.05) is 17.5 Å². The zero-order valence-electron chi connectivity index (χ0n) is 20.4. The predicted octanol–water partition coefficient (Wildman–Crippen LogP) is 9.05. The third kappa shape index (κ3) is 3.67. The molecule has 0 atom stereocenters. The van der Waals surface area contributed by atoms with Gasteiger partial charge in [-0.1, -0.05) is 89.2 Å². The largest absolute Gasteiger partial charge is 0.255 e. The molecule has 0 radical (unpaired) electrons. The predicted molar refractivity (Wildman–Crippen MR) is 145 cm³/mol.